The van der Waals surface area contributed by atoms with E-state index in [0.717, 1.165) is 49.9 Å². The fourth-order valence-electron chi connectivity index (χ4n) is 9.32. The van der Waals surface area contributed by atoms with Crippen molar-refractivity contribution < 1.29 is 4.42 Å². The number of hydrogen-bond acceptors (Lipinski definition) is 2. The van der Waals surface area contributed by atoms with Crippen molar-refractivity contribution in [1.82, 2.24) is 9.55 Å². The molecule has 1 aliphatic carbocycles. The van der Waals surface area contributed by atoms with Crippen molar-refractivity contribution in [3.05, 3.63) is 144 Å². The monoisotopic (exact) mass is 720 g/mol. The summed E-state index contributed by atoms with van der Waals surface area (Å²) in [6.45, 7) is 19.1. The Hall–Kier alpha value is -5.41. The molecule has 0 saturated heterocycles. The molecule has 0 atom stereocenters. The van der Waals surface area contributed by atoms with Crippen LogP contribution < -0.4 is 0 Å². The average Bonchev–Trinajstić information content (AvgIpc) is 3.73. The minimum absolute atomic E-state index is 0.131. The molecule has 0 bridgehead atoms. The lowest BCUT2D eigenvalue weighted by Gasteiger charge is -2.31. The molecule has 0 N–H and O–H groups in total. The largest absolute Gasteiger partial charge is 0.455 e. The Labute approximate surface area is 326 Å². The molecule has 6 aromatic carbocycles. The number of rotatable bonds is 6. The molecule has 8 aromatic rings. The van der Waals surface area contributed by atoms with Gasteiger partial charge in [-0.2, -0.15) is 0 Å². The predicted molar refractivity (Wildman–Crippen MR) is 233 cm³/mol. The minimum Gasteiger partial charge on any atom is -0.455 e. The van der Waals surface area contributed by atoms with Crippen LogP contribution in [0.4, 0.5) is 0 Å². The Morgan fingerprint density at radius 1 is 0.582 bits per heavy atom. The highest BCUT2D eigenvalue weighted by atomic mass is 16.3. The summed E-state index contributed by atoms with van der Waals surface area (Å²) in [7, 11) is 0. The first-order chi connectivity index (χ1) is 26.4. The van der Waals surface area contributed by atoms with Crippen LogP contribution in [0.25, 0.3) is 72.3 Å². The highest BCUT2D eigenvalue weighted by Crippen LogP contribution is 2.47. The van der Waals surface area contributed by atoms with E-state index in [1.165, 1.54) is 63.9 Å². The maximum absolute atomic E-state index is 6.85. The summed E-state index contributed by atoms with van der Waals surface area (Å²) >= 11 is 0. The maximum atomic E-state index is 6.85. The van der Waals surface area contributed by atoms with E-state index < -0.39 is 0 Å². The highest BCUT2D eigenvalue weighted by molar-refractivity contribution is 6.10. The number of para-hydroxylation sites is 3. The van der Waals surface area contributed by atoms with E-state index in [0.29, 0.717) is 0 Å². The average molecular weight is 721 g/mol. The van der Waals surface area contributed by atoms with Gasteiger partial charge in [0, 0.05) is 10.8 Å². The zero-order chi connectivity index (χ0) is 38.2. The molecule has 0 amide bonds. The van der Waals surface area contributed by atoms with Crippen LogP contribution in [-0.2, 0) is 10.8 Å². The highest BCUT2D eigenvalue weighted by Gasteiger charge is 2.35. The van der Waals surface area contributed by atoms with E-state index >= 15 is 0 Å². The second-order valence-corrected chi connectivity index (χ2v) is 17.8. The van der Waals surface area contributed by atoms with Crippen LogP contribution in [-0.4, -0.2) is 9.55 Å². The van der Waals surface area contributed by atoms with E-state index in [9.17, 15) is 0 Å². The summed E-state index contributed by atoms with van der Waals surface area (Å²) in [5.74, 6) is 1.45. The standard InChI is InChI=1S/C52H52N2O/c1-32(2)41-28-37(35-23-25-43-44(30-35)52(7,8)27-15-26-51(43,5)6)29-42(33(3)4)48(41)54-46-21-13-12-20-45(46)53-50(54)40-19-14-18-39-38-24-22-36(31-47(38)55-49(39)40)34-16-10-9-11-17-34/h9-14,16-25,28-33H,15,26-27H2,1-8H3. The minimum atomic E-state index is 0.131. The van der Waals surface area contributed by atoms with E-state index in [4.69, 9.17) is 9.40 Å². The van der Waals surface area contributed by atoms with Gasteiger partial charge in [0.1, 0.15) is 17.0 Å². The van der Waals surface area contributed by atoms with Crippen molar-refractivity contribution in [3.63, 3.8) is 0 Å². The molecular weight excluding hydrogens is 669 g/mol. The number of imidazole rings is 1. The molecule has 3 nitrogen and oxygen atoms in total. The van der Waals surface area contributed by atoms with E-state index in [-0.39, 0.29) is 22.7 Å². The van der Waals surface area contributed by atoms with Gasteiger partial charge in [0.15, 0.2) is 0 Å². The molecule has 0 fully saturated rings. The van der Waals surface area contributed by atoms with Crippen LogP contribution in [0.1, 0.15) is 109 Å². The second-order valence-electron chi connectivity index (χ2n) is 17.8. The predicted octanol–water partition coefficient (Wildman–Crippen LogP) is 14.9. The molecule has 276 valence electrons. The van der Waals surface area contributed by atoms with Crippen molar-refractivity contribution in [1.29, 1.82) is 0 Å². The van der Waals surface area contributed by atoms with Gasteiger partial charge in [-0.3, -0.25) is 4.57 Å². The Balaban J connectivity index is 1.28. The molecular formula is C52H52N2O. The lowest BCUT2D eigenvalue weighted by molar-refractivity contribution is 0.433. The van der Waals surface area contributed by atoms with Gasteiger partial charge in [0.05, 0.1) is 22.3 Å². The van der Waals surface area contributed by atoms with E-state index in [2.05, 4.69) is 181 Å². The molecule has 0 spiro atoms. The fourth-order valence-corrected chi connectivity index (χ4v) is 9.32. The Bertz CT molecular complexity index is 2710. The number of benzene rings is 6. The van der Waals surface area contributed by atoms with Gasteiger partial charge in [-0.25, -0.2) is 4.98 Å². The molecule has 1 aliphatic rings. The van der Waals surface area contributed by atoms with Crippen LogP contribution in [0.3, 0.4) is 0 Å². The lowest BCUT2D eigenvalue weighted by Crippen LogP contribution is -2.22. The summed E-state index contributed by atoms with van der Waals surface area (Å²) in [6, 6.07) is 44.5. The molecule has 2 heterocycles. The fraction of sp³-hybridized carbons (Fsp3) is 0.288. The van der Waals surface area contributed by atoms with Gasteiger partial charge < -0.3 is 4.42 Å². The summed E-state index contributed by atoms with van der Waals surface area (Å²) in [5, 5.41) is 2.21. The van der Waals surface area contributed by atoms with Crippen molar-refractivity contribution in [2.75, 3.05) is 0 Å². The van der Waals surface area contributed by atoms with E-state index in [1.807, 2.05) is 0 Å². The summed E-state index contributed by atoms with van der Waals surface area (Å²) in [6.07, 6.45) is 3.69. The zero-order valence-corrected chi connectivity index (χ0v) is 33.6. The number of nitrogens with zero attached hydrogens (tertiary/aromatic N) is 2. The third-order valence-electron chi connectivity index (χ3n) is 12.5. The van der Waals surface area contributed by atoms with Gasteiger partial charge in [0.25, 0.3) is 0 Å². The third-order valence-corrected chi connectivity index (χ3v) is 12.5. The quantitative estimate of drug-likeness (QED) is 0.160. The van der Waals surface area contributed by atoms with E-state index in [1.54, 1.807) is 0 Å². The first-order valence-electron chi connectivity index (χ1n) is 20.2. The second kappa shape index (κ2) is 13.1. The van der Waals surface area contributed by atoms with Gasteiger partial charge in [-0.05, 0) is 122 Å². The molecule has 55 heavy (non-hydrogen) atoms. The van der Waals surface area contributed by atoms with Gasteiger partial charge >= 0.3 is 0 Å². The van der Waals surface area contributed by atoms with Crippen molar-refractivity contribution in [2.45, 2.75) is 97.3 Å². The van der Waals surface area contributed by atoms with Crippen LogP contribution in [0.2, 0.25) is 0 Å². The molecule has 2 aromatic heterocycles. The summed E-state index contributed by atoms with van der Waals surface area (Å²) in [5.41, 5.74) is 16.9. The Morgan fingerprint density at radius 3 is 1.96 bits per heavy atom. The molecule has 9 rings (SSSR count). The molecule has 0 unspecified atom stereocenters. The van der Waals surface area contributed by atoms with Gasteiger partial charge in [-0.15, -0.1) is 0 Å². The number of fused-ring (bicyclic) bond motifs is 5. The van der Waals surface area contributed by atoms with Crippen LogP contribution >= 0.6 is 0 Å². The molecule has 3 heteroatoms. The third kappa shape index (κ3) is 5.91. The van der Waals surface area contributed by atoms with Crippen LogP contribution in [0.5, 0.6) is 0 Å². The molecule has 0 aliphatic heterocycles. The van der Waals surface area contributed by atoms with Crippen molar-refractivity contribution in [3.8, 4) is 39.3 Å². The first-order valence-corrected chi connectivity index (χ1v) is 20.2. The summed E-state index contributed by atoms with van der Waals surface area (Å²) in [4.78, 5) is 5.42. The smallest absolute Gasteiger partial charge is 0.149 e. The molecule has 0 saturated carbocycles. The first kappa shape index (κ1) is 35.3. The number of hydrogen-bond donors (Lipinski definition) is 0. The molecule has 0 radical (unpaired) electrons. The SMILES string of the molecule is CC(C)c1cc(-c2ccc3c(c2)C(C)(C)CCCC3(C)C)cc(C(C)C)c1-n1c(-c2cccc3c2oc2cc(-c4ccccc4)ccc23)nc2ccccc21. The van der Waals surface area contributed by atoms with Crippen molar-refractivity contribution in [2.24, 2.45) is 0 Å². The van der Waals surface area contributed by atoms with Gasteiger partial charge in [0.2, 0.25) is 0 Å². The summed E-state index contributed by atoms with van der Waals surface area (Å²) < 4.78 is 9.29. The number of aromatic nitrogens is 2. The Kier molecular flexibility index (Phi) is 8.42. The van der Waals surface area contributed by atoms with Crippen LogP contribution in [0, 0.1) is 0 Å². The lowest BCUT2D eigenvalue weighted by atomic mass is 9.74. The maximum Gasteiger partial charge on any atom is 0.149 e. The zero-order valence-electron chi connectivity index (χ0n) is 33.6. The Morgan fingerprint density at radius 2 is 1.24 bits per heavy atom. The van der Waals surface area contributed by atoms with Gasteiger partial charge in [-0.1, -0.05) is 141 Å². The normalized spacial score (nSPS) is 15.3. The topological polar surface area (TPSA) is 31.0 Å². The van der Waals surface area contributed by atoms with Crippen LogP contribution in [0.15, 0.2) is 126 Å². The number of furan rings is 1. The van der Waals surface area contributed by atoms with Crippen molar-refractivity contribution >= 4 is 33.0 Å².